The summed E-state index contributed by atoms with van der Waals surface area (Å²) in [6.45, 7) is 6.66. The number of hydrogen-bond acceptors (Lipinski definition) is 4. The van der Waals surface area contributed by atoms with Gasteiger partial charge in [-0.15, -0.1) is 0 Å². The van der Waals surface area contributed by atoms with Crippen LogP contribution in [0, 0.1) is 17.2 Å². The Kier molecular flexibility index (Phi) is 5.42. The van der Waals surface area contributed by atoms with Crippen molar-refractivity contribution in [2.75, 3.05) is 40.3 Å². The molecule has 2 atom stereocenters. The monoisotopic (exact) mass is 278 g/mol. The lowest BCUT2D eigenvalue weighted by Gasteiger charge is -2.34. The van der Waals surface area contributed by atoms with E-state index in [2.05, 4.69) is 42.2 Å². The maximum atomic E-state index is 9.46. The van der Waals surface area contributed by atoms with Crippen molar-refractivity contribution in [3.8, 4) is 6.07 Å². The fourth-order valence-electron chi connectivity index (χ4n) is 3.84. The second kappa shape index (κ2) is 6.89. The molecule has 20 heavy (non-hydrogen) atoms. The van der Waals surface area contributed by atoms with Crippen LogP contribution in [0.3, 0.4) is 0 Å². The molecule has 2 unspecified atom stereocenters. The van der Waals surface area contributed by atoms with Gasteiger partial charge in [-0.05, 0) is 71.8 Å². The Morgan fingerprint density at radius 1 is 1.35 bits per heavy atom. The van der Waals surface area contributed by atoms with E-state index in [9.17, 15) is 5.26 Å². The third kappa shape index (κ3) is 3.72. The van der Waals surface area contributed by atoms with Gasteiger partial charge in [0.2, 0.25) is 0 Å². The molecule has 4 heteroatoms. The van der Waals surface area contributed by atoms with E-state index >= 15 is 0 Å². The van der Waals surface area contributed by atoms with Gasteiger partial charge < -0.3 is 9.80 Å². The lowest BCUT2D eigenvalue weighted by Crippen LogP contribution is -2.44. The number of nitrogens with zero attached hydrogens (tertiary/aromatic N) is 3. The smallest absolute Gasteiger partial charge is 0.108 e. The molecule has 0 aromatic rings. The highest BCUT2D eigenvalue weighted by Gasteiger charge is 2.40. The molecule has 1 aliphatic carbocycles. The van der Waals surface area contributed by atoms with Crippen LogP contribution in [-0.2, 0) is 0 Å². The third-order valence-corrected chi connectivity index (χ3v) is 5.23. The Morgan fingerprint density at radius 3 is 2.65 bits per heavy atom. The van der Waals surface area contributed by atoms with Crippen LogP contribution in [-0.4, -0.2) is 61.7 Å². The second-order valence-electron chi connectivity index (χ2n) is 6.81. The molecule has 1 saturated heterocycles. The largest absolute Gasteiger partial charge is 0.306 e. The third-order valence-electron chi connectivity index (χ3n) is 5.23. The molecular weight excluding hydrogens is 248 g/mol. The van der Waals surface area contributed by atoms with Crippen molar-refractivity contribution in [2.45, 2.75) is 50.6 Å². The first-order valence-corrected chi connectivity index (χ1v) is 8.13. The fraction of sp³-hybridized carbons (Fsp3) is 0.938. The number of nitrogens with one attached hydrogen (secondary N) is 1. The van der Waals surface area contributed by atoms with E-state index in [4.69, 9.17) is 0 Å². The lowest BCUT2D eigenvalue weighted by molar-refractivity contribution is 0.148. The van der Waals surface area contributed by atoms with Gasteiger partial charge in [0.05, 0.1) is 6.07 Å². The fourth-order valence-corrected chi connectivity index (χ4v) is 3.84. The van der Waals surface area contributed by atoms with Gasteiger partial charge in [-0.2, -0.15) is 5.26 Å². The molecule has 4 nitrogen and oxygen atoms in total. The molecule has 1 aliphatic heterocycles. The van der Waals surface area contributed by atoms with Crippen molar-refractivity contribution in [3.05, 3.63) is 0 Å². The Balaban J connectivity index is 1.82. The minimum Gasteiger partial charge on any atom is -0.306 e. The molecule has 0 aromatic carbocycles. The molecule has 0 radical (unpaired) electrons. The summed E-state index contributed by atoms with van der Waals surface area (Å²) in [5, 5.41) is 12.9. The number of piperidine rings is 1. The van der Waals surface area contributed by atoms with Crippen LogP contribution in [0.4, 0.5) is 0 Å². The number of hydrogen-bond donors (Lipinski definition) is 1. The average molecular weight is 278 g/mol. The highest BCUT2D eigenvalue weighted by atomic mass is 15.2. The molecule has 2 rings (SSSR count). The van der Waals surface area contributed by atoms with Crippen molar-refractivity contribution < 1.29 is 0 Å². The number of nitriles is 1. The Labute approximate surface area is 124 Å². The summed E-state index contributed by atoms with van der Waals surface area (Å²) in [6, 6.07) is 3.11. The van der Waals surface area contributed by atoms with Gasteiger partial charge in [-0.1, -0.05) is 6.92 Å². The van der Waals surface area contributed by atoms with Crippen molar-refractivity contribution in [1.29, 1.82) is 5.26 Å². The summed E-state index contributed by atoms with van der Waals surface area (Å²) in [5.74, 6) is 0.840. The highest BCUT2D eigenvalue weighted by molar-refractivity contribution is 5.13. The van der Waals surface area contributed by atoms with Crippen molar-refractivity contribution in [1.82, 2.24) is 15.1 Å². The Bertz CT molecular complexity index is 343. The predicted molar refractivity (Wildman–Crippen MR) is 82.5 cm³/mol. The summed E-state index contributed by atoms with van der Waals surface area (Å²) < 4.78 is 0. The molecule has 1 N–H and O–H groups in total. The van der Waals surface area contributed by atoms with Crippen LogP contribution >= 0.6 is 0 Å². The second-order valence-corrected chi connectivity index (χ2v) is 6.81. The van der Waals surface area contributed by atoms with Crippen LogP contribution in [0.15, 0.2) is 0 Å². The van der Waals surface area contributed by atoms with Gasteiger partial charge in [-0.3, -0.25) is 5.32 Å². The van der Waals surface area contributed by atoms with E-state index in [1.807, 2.05) is 0 Å². The first-order valence-electron chi connectivity index (χ1n) is 8.13. The van der Waals surface area contributed by atoms with E-state index in [1.165, 1.54) is 32.5 Å². The molecule has 1 saturated carbocycles. The number of likely N-dealkylation sites (tertiary alicyclic amines) is 1. The topological polar surface area (TPSA) is 42.3 Å². The zero-order chi connectivity index (χ0) is 14.6. The quantitative estimate of drug-likeness (QED) is 0.831. The average Bonchev–Trinajstić information content (AvgIpc) is 2.87. The van der Waals surface area contributed by atoms with Crippen LogP contribution in [0.25, 0.3) is 0 Å². The van der Waals surface area contributed by atoms with E-state index in [0.717, 1.165) is 31.7 Å². The first kappa shape index (κ1) is 15.8. The van der Waals surface area contributed by atoms with Gasteiger partial charge in [0.15, 0.2) is 0 Å². The minimum absolute atomic E-state index is 0.263. The predicted octanol–water partition coefficient (Wildman–Crippen LogP) is 1.68. The lowest BCUT2D eigenvalue weighted by atomic mass is 9.95. The summed E-state index contributed by atoms with van der Waals surface area (Å²) in [5.41, 5.74) is -0.263. The van der Waals surface area contributed by atoms with E-state index in [0.29, 0.717) is 6.04 Å². The van der Waals surface area contributed by atoms with E-state index < -0.39 is 0 Å². The van der Waals surface area contributed by atoms with Gasteiger partial charge >= 0.3 is 0 Å². The summed E-state index contributed by atoms with van der Waals surface area (Å²) in [7, 11) is 4.47. The molecule has 2 fully saturated rings. The van der Waals surface area contributed by atoms with Gasteiger partial charge in [-0.25, -0.2) is 0 Å². The van der Waals surface area contributed by atoms with E-state index in [-0.39, 0.29) is 5.54 Å². The Morgan fingerprint density at radius 2 is 2.05 bits per heavy atom. The normalized spacial score (nSPS) is 32.6. The molecule has 0 bridgehead atoms. The van der Waals surface area contributed by atoms with Crippen LogP contribution in [0.5, 0.6) is 0 Å². The van der Waals surface area contributed by atoms with Gasteiger partial charge in [0, 0.05) is 12.6 Å². The summed E-state index contributed by atoms with van der Waals surface area (Å²) >= 11 is 0. The van der Waals surface area contributed by atoms with Crippen LogP contribution < -0.4 is 5.32 Å². The van der Waals surface area contributed by atoms with Crippen LogP contribution in [0.2, 0.25) is 0 Å². The molecule has 114 valence electrons. The van der Waals surface area contributed by atoms with Gasteiger partial charge in [0.25, 0.3) is 0 Å². The zero-order valence-corrected chi connectivity index (χ0v) is 13.4. The molecule has 0 amide bonds. The zero-order valence-electron chi connectivity index (χ0n) is 13.4. The Hall–Kier alpha value is -0.630. The molecule has 1 heterocycles. The van der Waals surface area contributed by atoms with E-state index in [1.54, 1.807) is 0 Å². The summed E-state index contributed by atoms with van der Waals surface area (Å²) in [4.78, 5) is 4.95. The molecule has 2 aliphatic rings. The number of rotatable bonds is 5. The maximum Gasteiger partial charge on any atom is 0.108 e. The van der Waals surface area contributed by atoms with Crippen molar-refractivity contribution in [3.63, 3.8) is 0 Å². The summed E-state index contributed by atoms with van der Waals surface area (Å²) in [6.07, 6.45) is 5.79. The standard InChI is InChI=1S/C16H30N4/c1-4-18-16(13-17)8-5-15(11-16)20(3)12-14-6-9-19(2)10-7-14/h14-15,18H,4-12H2,1-3H3. The minimum atomic E-state index is -0.263. The maximum absolute atomic E-state index is 9.46. The molecule has 0 spiro atoms. The molecule has 0 aromatic heterocycles. The van der Waals surface area contributed by atoms with Gasteiger partial charge in [0.1, 0.15) is 5.54 Å². The highest BCUT2D eigenvalue weighted by Crippen LogP contribution is 2.33. The van der Waals surface area contributed by atoms with Crippen molar-refractivity contribution >= 4 is 0 Å². The molecular formula is C16H30N4. The first-order chi connectivity index (χ1) is 9.58. The van der Waals surface area contributed by atoms with Crippen LogP contribution in [0.1, 0.15) is 39.0 Å². The van der Waals surface area contributed by atoms with Crippen molar-refractivity contribution in [2.24, 2.45) is 5.92 Å². The SMILES string of the molecule is CCNC1(C#N)CCC(N(C)CC2CCN(C)CC2)C1.